The predicted molar refractivity (Wildman–Crippen MR) is 87.6 cm³/mol. The number of hydrogen-bond donors (Lipinski definition) is 1. The molecule has 0 aliphatic carbocycles. The van der Waals surface area contributed by atoms with Crippen molar-refractivity contribution in [3.63, 3.8) is 0 Å². The zero-order chi connectivity index (χ0) is 20.4. The molecule has 0 radical (unpaired) electrons. The van der Waals surface area contributed by atoms with Crippen LogP contribution in [0.3, 0.4) is 0 Å². The first kappa shape index (κ1) is 18.7. The molecule has 1 amide bonds. The Morgan fingerprint density at radius 2 is 2.04 bits per heavy atom. The summed E-state index contributed by atoms with van der Waals surface area (Å²) in [6.07, 6.45) is -3.55. The van der Waals surface area contributed by atoms with Crippen molar-refractivity contribution in [3.05, 3.63) is 46.3 Å². The van der Waals surface area contributed by atoms with Gasteiger partial charge >= 0.3 is 6.18 Å². The Bertz CT molecular complexity index is 1110. The highest BCUT2D eigenvalue weighted by Crippen LogP contribution is 2.32. The van der Waals surface area contributed by atoms with Gasteiger partial charge in [-0.1, -0.05) is 11.6 Å². The Morgan fingerprint density at radius 3 is 2.71 bits per heavy atom. The van der Waals surface area contributed by atoms with Gasteiger partial charge in [0, 0.05) is 18.7 Å². The van der Waals surface area contributed by atoms with Gasteiger partial charge in [0.2, 0.25) is 5.82 Å². The van der Waals surface area contributed by atoms with E-state index in [2.05, 4.69) is 15.0 Å². The molecule has 1 N–H and O–H groups in total. The van der Waals surface area contributed by atoms with Gasteiger partial charge in [-0.2, -0.15) is 13.2 Å². The molecule has 6 nitrogen and oxygen atoms in total. The van der Waals surface area contributed by atoms with E-state index in [1.807, 2.05) is 0 Å². The molecular weight excluding hydrogens is 409 g/mol. The number of hydrogen-bond acceptors (Lipinski definition) is 3. The highest BCUT2D eigenvalue weighted by atomic mass is 35.5. The lowest BCUT2D eigenvalue weighted by molar-refractivity contribution is -0.148. The predicted octanol–water partition coefficient (Wildman–Crippen LogP) is 3.75. The largest absolute Gasteiger partial charge is 0.449 e. The molecule has 0 saturated heterocycles. The summed E-state index contributed by atoms with van der Waals surface area (Å²) < 4.78 is 67.6. The second kappa shape index (κ2) is 6.16. The average Bonchev–Trinajstić information content (AvgIpc) is 3.22. The zero-order valence-electron chi connectivity index (χ0n) is 14.1. The molecule has 3 heterocycles. The minimum absolute atomic E-state index is 0.125. The first-order chi connectivity index (χ1) is 13.1. The van der Waals surface area contributed by atoms with Crippen LogP contribution in [0.5, 0.6) is 0 Å². The number of nitrogens with one attached hydrogen (secondary N) is 1. The average molecular weight is 420 g/mol. The van der Waals surface area contributed by atoms with Gasteiger partial charge in [0.25, 0.3) is 5.91 Å². The van der Waals surface area contributed by atoms with Gasteiger partial charge in [-0.05, 0) is 6.92 Å². The number of fused-ring (bicyclic) bond motifs is 2. The number of H-pyrrole nitrogens is 1. The minimum atomic E-state index is -4.61. The first-order valence-corrected chi connectivity index (χ1v) is 8.41. The van der Waals surface area contributed by atoms with E-state index in [1.54, 1.807) is 6.92 Å². The molecule has 2 aromatic heterocycles. The van der Waals surface area contributed by atoms with Crippen LogP contribution in [0.15, 0.2) is 12.3 Å². The maximum absolute atomic E-state index is 13.9. The Morgan fingerprint density at radius 1 is 1.32 bits per heavy atom. The van der Waals surface area contributed by atoms with Gasteiger partial charge in [-0.3, -0.25) is 4.79 Å². The van der Waals surface area contributed by atoms with E-state index in [0.717, 1.165) is 10.8 Å². The molecule has 148 valence electrons. The van der Waals surface area contributed by atoms with Crippen LogP contribution in [0.4, 0.5) is 22.0 Å². The number of imidazole rings is 2. The van der Waals surface area contributed by atoms with Crippen LogP contribution in [0.1, 0.15) is 29.1 Å². The van der Waals surface area contributed by atoms with Gasteiger partial charge in [0.1, 0.15) is 16.4 Å². The SMILES string of the molecule is C[C@@H]1Cn2c(cnc2C(F)(F)F)CN1C(=O)c1nc2c(F)cc(F)c(Cl)c2[nH]1. The summed E-state index contributed by atoms with van der Waals surface area (Å²) in [5.41, 5.74) is -0.273. The Labute approximate surface area is 158 Å². The number of nitrogens with zero attached hydrogens (tertiary/aromatic N) is 4. The molecule has 3 aromatic rings. The van der Waals surface area contributed by atoms with Crippen LogP contribution in [0.2, 0.25) is 5.02 Å². The molecular formula is C16H11ClF5N5O. The number of halogens is 6. The van der Waals surface area contributed by atoms with E-state index >= 15 is 0 Å². The monoisotopic (exact) mass is 419 g/mol. The molecule has 0 bridgehead atoms. The topological polar surface area (TPSA) is 66.8 Å². The number of amides is 1. The smallest absolute Gasteiger partial charge is 0.332 e. The second-order valence-electron chi connectivity index (χ2n) is 6.43. The van der Waals surface area contributed by atoms with Crippen molar-refractivity contribution in [2.45, 2.75) is 32.2 Å². The van der Waals surface area contributed by atoms with E-state index < -0.39 is 40.6 Å². The number of carbonyl (C=O) groups excluding carboxylic acids is 1. The quantitative estimate of drug-likeness (QED) is 0.482. The van der Waals surface area contributed by atoms with Crippen molar-refractivity contribution in [2.24, 2.45) is 0 Å². The molecule has 0 fully saturated rings. The zero-order valence-corrected chi connectivity index (χ0v) is 14.9. The van der Waals surface area contributed by atoms with Crippen LogP contribution in [0.25, 0.3) is 11.0 Å². The Kier molecular flexibility index (Phi) is 4.11. The fourth-order valence-corrected chi connectivity index (χ4v) is 3.43. The van der Waals surface area contributed by atoms with Crippen LogP contribution in [0, 0.1) is 11.6 Å². The molecule has 12 heteroatoms. The van der Waals surface area contributed by atoms with Gasteiger partial charge in [-0.25, -0.2) is 18.7 Å². The molecule has 4 rings (SSSR count). The molecule has 1 aliphatic heterocycles. The number of carbonyl (C=O) groups is 1. The molecule has 28 heavy (non-hydrogen) atoms. The fourth-order valence-electron chi connectivity index (χ4n) is 3.24. The summed E-state index contributed by atoms with van der Waals surface area (Å²) in [6.45, 7) is 1.29. The van der Waals surface area contributed by atoms with Crippen LogP contribution < -0.4 is 0 Å². The molecule has 1 atom stereocenters. The number of alkyl halides is 3. The van der Waals surface area contributed by atoms with Gasteiger partial charge in [0.05, 0.1) is 24.0 Å². The van der Waals surface area contributed by atoms with Crippen molar-refractivity contribution in [1.29, 1.82) is 0 Å². The molecule has 0 saturated carbocycles. The summed E-state index contributed by atoms with van der Waals surface area (Å²) in [5.74, 6) is -4.01. The van der Waals surface area contributed by atoms with Gasteiger partial charge in [0.15, 0.2) is 11.6 Å². The molecule has 1 aliphatic rings. The summed E-state index contributed by atoms with van der Waals surface area (Å²) in [6, 6.07) is -0.0684. The fraction of sp³-hybridized carbons (Fsp3) is 0.312. The van der Waals surface area contributed by atoms with Crippen molar-refractivity contribution < 1.29 is 26.7 Å². The van der Waals surface area contributed by atoms with E-state index in [1.165, 1.54) is 4.90 Å². The maximum atomic E-state index is 13.9. The highest BCUT2D eigenvalue weighted by Gasteiger charge is 2.40. The van der Waals surface area contributed by atoms with Crippen molar-refractivity contribution in [2.75, 3.05) is 0 Å². The molecule has 1 aromatic carbocycles. The van der Waals surface area contributed by atoms with Crippen molar-refractivity contribution in [1.82, 2.24) is 24.4 Å². The number of aromatic nitrogens is 4. The lowest BCUT2D eigenvalue weighted by Crippen LogP contribution is -2.45. The maximum Gasteiger partial charge on any atom is 0.449 e. The third-order valence-electron chi connectivity index (χ3n) is 4.58. The number of rotatable bonds is 1. The van der Waals surface area contributed by atoms with E-state index in [0.29, 0.717) is 6.07 Å². The third-order valence-corrected chi connectivity index (χ3v) is 4.95. The first-order valence-electron chi connectivity index (χ1n) is 8.03. The van der Waals surface area contributed by atoms with Crippen molar-refractivity contribution >= 4 is 28.5 Å². The van der Waals surface area contributed by atoms with Gasteiger partial charge in [-0.15, -0.1) is 0 Å². The van der Waals surface area contributed by atoms with Gasteiger partial charge < -0.3 is 14.5 Å². The van der Waals surface area contributed by atoms with E-state index in [4.69, 9.17) is 11.6 Å². The van der Waals surface area contributed by atoms with Crippen LogP contribution in [-0.2, 0) is 19.3 Å². The highest BCUT2D eigenvalue weighted by molar-refractivity contribution is 6.35. The van der Waals surface area contributed by atoms with E-state index in [9.17, 15) is 26.7 Å². The molecule has 0 spiro atoms. The summed E-state index contributed by atoms with van der Waals surface area (Å²) in [4.78, 5) is 23.9. The lowest BCUT2D eigenvalue weighted by Gasteiger charge is -2.34. The van der Waals surface area contributed by atoms with Crippen LogP contribution >= 0.6 is 11.6 Å². The molecule has 0 unspecified atom stereocenters. The minimum Gasteiger partial charge on any atom is -0.332 e. The standard InChI is InChI=1S/C16H11ClF5N5O/c1-6-4-27-7(3-23-15(27)16(20,21)22)5-26(6)14(28)13-24-11-9(19)2-8(18)10(17)12(11)25-13/h2-3,6H,4-5H2,1H3,(H,24,25)/t6-/m1/s1. The number of aromatic amines is 1. The summed E-state index contributed by atoms with van der Waals surface area (Å²) >= 11 is 5.79. The van der Waals surface area contributed by atoms with Crippen molar-refractivity contribution in [3.8, 4) is 0 Å². The van der Waals surface area contributed by atoms with Crippen LogP contribution in [-0.4, -0.2) is 36.4 Å². The lowest BCUT2D eigenvalue weighted by atomic mass is 10.2. The normalized spacial score (nSPS) is 17.2. The second-order valence-corrected chi connectivity index (χ2v) is 6.80. The Hall–Kier alpha value is -2.69. The summed E-state index contributed by atoms with van der Waals surface area (Å²) in [7, 11) is 0. The Balaban J connectivity index is 1.70. The van der Waals surface area contributed by atoms with E-state index in [-0.39, 0.29) is 35.6 Å². The number of benzene rings is 1. The summed E-state index contributed by atoms with van der Waals surface area (Å²) in [5, 5.41) is -0.414. The third kappa shape index (κ3) is 2.81.